The van der Waals surface area contributed by atoms with E-state index in [9.17, 15) is 13.2 Å². The fourth-order valence-corrected chi connectivity index (χ4v) is 1.73. The molecule has 0 unspecified atom stereocenters. The summed E-state index contributed by atoms with van der Waals surface area (Å²) < 4.78 is 38.7. The molecule has 3 nitrogen and oxygen atoms in total. The van der Waals surface area contributed by atoms with Gasteiger partial charge in [0.25, 0.3) is 0 Å². The van der Waals surface area contributed by atoms with E-state index in [1.54, 1.807) is 19.1 Å². The topological polar surface area (TPSA) is 37.8 Å². The van der Waals surface area contributed by atoms with E-state index < -0.39 is 11.7 Å². The Balaban J connectivity index is 2.51. The predicted octanol–water partition coefficient (Wildman–Crippen LogP) is 3.90. The smallest absolute Gasteiger partial charge is 0.370 e. The minimum Gasteiger partial charge on any atom is -0.370 e. The number of hydrogen-bond donors (Lipinski definition) is 1. The van der Waals surface area contributed by atoms with Crippen molar-refractivity contribution in [2.45, 2.75) is 20.0 Å². The molecule has 0 radical (unpaired) electrons. The third-order valence-electron chi connectivity index (χ3n) is 2.72. The van der Waals surface area contributed by atoms with Gasteiger partial charge in [-0.05, 0) is 38.1 Å². The summed E-state index contributed by atoms with van der Waals surface area (Å²) in [5.41, 5.74) is 0.885. The molecule has 2 aromatic heterocycles. The molecule has 0 aliphatic rings. The lowest BCUT2D eigenvalue weighted by molar-refractivity contribution is -0.137. The summed E-state index contributed by atoms with van der Waals surface area (Å²) in [4.78, 5) is 8.27. The number of halogens is 3. The van der Waals surface area contributed by atoms with Gasteiger partial charge in [-0.15, -0.1) is 0 Å². The zero-order valence-electron chi connectivity index (χ0n) is 11.1. The first-order valence-electron chi connectivity index (χ1n) is 6.16. The maximum Gasteiger partial charge on any atom is 0.416 e. The highest BCUT2D eigenvalue weighted by Gasteiger charge is 2.31. The summed E-state index contributed by atoms with van der Waals surface area (Å²) in [6, 6.07) is 5.49. The maximum atomic E-state index is 12.9. The van der Waals surface area contributed by atoms with E-state index in [1.165, 1.54) is 6.20 Å². The van der Waals surface area contributed by atoms with E-state index in [0.717, 1.165) is 17.8 Å². The molecule has 2 rings (SSSR count). The first-order chi connectivity index (χ1) is 9.40. The van der Waals surface area contributed by atoms with Gasteiger partial charge in [0.1, 0.15) is 5.82 Å². The molecule has 20 heavy (non-hydrogen) atoms. The number of rotatable bonds is 3. The third kappa shape index (κ3) is 3.26. The Hall–Kier alpha value is -2.11. The standard InChI is InChI=1S/C14H14F3N3/c1-3-18-13-7-11(14(15,16)17)6-12(20-13)10-5-4-9(2)19-8-10/h4-8H,3H2,1-2H3,(H,18,20). The zero-order chi connectivity index (χ0) is 14.8. The van der Waals surface area contributed by atoms with Gasteiger partial charge in [-0.3, -0.25) is 4.98 Å². The molecule has 0 saturated carbocycles. The molecule has 0 aliphatic carbocycles. The summed E-state index contributed by atoms with van der Waals surface area (Å²) in [5, 5.41) is 2.81. The molecule has 106 valence electrons. The van der Waals surface area contributed by atoms with Crippen LogP contribution in [0, 0.1) is 6.92 Å². The van der Waals surface area contributed by atoms with Crippen molar-refractivity contribution in [2.24, 2.45) is 0 Å². The molecule has 6 heteroatoms. The van der Waals surface area contributed by atoms with E-state index in [1.807, 2.05) is 6.92 Å². The van der Waals surface area contributed by atoms with Crippen LogP contribution in [0.5, 0.6) is 0 Å². The van der Waals surface area contributed by atoms with Crippen molar-refractivity contribution >= 4 is 5.82 Å². The van der Waals surface area contributed by atoms with Crippen molar-refractivity contribution in [3.05, 3.63) is 41.7 Å². The van der Waals surface area contributed by atoms with Gasteiger partial charge in [-0.25, -0.2) is 4.98 Å². The maximum absolute atomic E-state index is 12.9. The van der Waals surface area contributed by atoms with Crippen LogP contribution in [0.3, 0.4) is 0 Å². The average molecular weight is 281 g/mol. The van der Waals surface area contributed by atoms with Crippen LogP contribution in [0.2, 0.25) is 0 Å². The Morgan fingerprint density at radius 1 is 1.20 bits per heavy atom. The van der Waals surface area contributed by atoms with Gasteiger partial charge in [0.05, 0.1) is 11.3 Å². The fourth-order valence-electron chi connectivity index (χ4n) is 1.73. The van der Waals surface area contributed by atoms with E-state index in [4.69, 9.17) is 0 Å². The summed E-state index contributed by atoms with van der Waals surface area (Å²) in [7, 11) is 0. The number of aromatic nitrogens is 2. The summed E-state index contributed by atoms with van der Waals surface area (Å²) >= 11 is 0. The average Bonchev–Trinajstić information content (AvgIpc) is 2.38. The van der Waals surface area contributed by atoms with E-state index >= 15 is 0 Å². The van der Waals surface area contributed by atoms with Crippen LogP contribution in [-0.4, -0.2) is 16.5 Å². The van der Waals surface area contributed by atoms with Gasteiger partial charge >= 0.3 is 6.18 Å². The van der Waals surface area contributed by atoms with E-state index in [-0.39, 0.29) is 11.5 Å². The van der Waals surface area contributed by atoms with Gasteiger partial charge < -0.3 is 5.32 Å². The van der Waals surface area contributed by atoms with Crippen LogP contribution in [0.4, 0.5) is 19.0 Å². The number of pyridine rings is 2. The van der Waals surface area contributed by atoms with Gasteiger partial charge in [0, 0.05) is 24.0 Å². The van der Waals surface area contributed by atoms with Crippen molar-refractivity contribution < 1.29 is 13.2 Å². The molecule has 1 N–H and O–H groups in total. The van der Waals surface area contributed by atoms with Crippen LogP contribution < -0.4 is 5.32 Å². The predicted molar refractivity (Wildman–Crippen MR) is 71.4 cm³/mol. The van der Waals surface area contributed by atoms with Crippen molar-refractivity contribution in [3.63, 3.8) is 0 Å². The van der Waals surface area contributed by atoms with E-state index in [2.05, 4.69) is 15.3 Å². The van der Waals surface area contributed by atoms with Crippen molar-refractivity contribution in [2.75, 3.05) is 11.9 Å². The molecule has 2 aromatic rings. The van der Waals surface area contributed by atoms with Crippen molar-refractivity contribution in [3.8, 4) is 11.3 Å². The Labute approximate surface area is 114 Å². The summed E-state index contributed by atoms with van der Waals surface area (Å²) in [6.07, 6.45) is -2.88. The molecule has 0 aliphatic heterocycles. The minimum atomic E-state index is -4.40. The van der Waals surface area contributed by atoms with Crippen molar-refractivity contribution in [1.29, 1.82) is 0 Å². The first kappa shape index (κ1) is 14.3. The number of anilines is 1. The summed E-state index contributed by atoms with van der Waals surface area (Å²) in [5.74, 6) is 0.206. The van der Waals surface area contributed by atoms with Crippen LogP contribution in [0.25, 0.3) is 11.3 Å². The van der Waals surface area contributed by atoms with Gasteiger partial charge in [-0.1, -0.05) is 0 Å². The van der Waals surface area contributed by atoms with Gasteiger partial charge in [0.2, 0.25) is 0 Å². The third-order valence-corrected chi connectivity index (χ3v) is 2.72. The zero-order valence-corrected chi connectivity index (χ0v) is 11.1. The normalized spacial score (nSPS) is 11.4. The van der Waals surface area contributed by atoms with Gasteiger partial charge in [0.15, 0.2) is 0 Å². The Morgan fingerprint density at radius 3 is 2.50 bits per heavy atom. The quantitative estimate of drug-likeness (QED) is 0.927. The van der Waals surface area contributed by atoms with Crippen molar-refractivity contribution in [1.82, 2.24) is 9.97 Å². The fraction of sp³-hybridized carbons (Fsp3) is 0.286. The van der Waals surface area contributed by atoms with Crippen LogP contribution in [0.1, 0.15) is 18.2 Å². The second kappa shape index (κ2) is 5.48. The van der Waals surface area contributed by atoms with E-state index in [0.29, 0.717) is 12.1 Å². The SMILES string of the molecule is CCNc1cc(C(F)(F)F)cc(-c2ccc(C)nc2)n1. The van der Waals surface area contributed by atoms with Gasteiger partial charge in [-0.2, -0.15) is 13.2 Å². The van der Waals surface area contributed by atoms with Crippen LogP contribution in [0.15, 0.2) is 30.5 Å². The molecular formula is C14H14F3N3. The molecule has 0 spiro atoms. The second-order valence-corrected chi connectivity index (χ2v) is 4.34. The minimum absolute atomic E-state index is 0.206. The Bertz CT molecular complexity index is 592. The largest absolute Gasteiger partial charge is 0.416 e. The Morgan fingerprint density at radius 2 is 1.95 bits per heavy atom. The lowest BCUT2D eigenvalue weighted by Gasteiger charge is -2.12. The number of nitrogens with one attached hydrogen (secondary N) is 1. The number of alkyl halides is 3. The lowest BCUT2D eigenvalue weighted by atomic mass is 10.1. The number of hydrogen-bond acceptors (Lipinski definition) is 3. The molecule has 0 aromatic carbocycles. The Kier molecular flexibility index (Phi) is 3.92. The molecule has 0 saturated heterocycles. The number of aryl methyl sites for hydroxylation is 1. The summed E-state index contributed by atoms with van der Waals surface area (Å²) in [6.45, 7) is 4.11. The molecule has 0 bridgehead atoms. The molecule has 0 atom stereocenters. The highest BCUT2D eigenvalue weighted by Crippen LogP contribution is 2.33. The number of nitrogens with zero attached hydrogens (tertiary/aromatic N) is 2. The lowest BCUT2D eigenvalue weighted by Crippen LogP contribution is -2.08. The molecular weight excluding hydrogens is 267 g/mol. The second-order valence-electron chi connectivity index (χ2n) is 4.34. The molecule has 2 heterocycles. The monoisotopic (exact) mass is 281 g/mol. The molecule has 0 fully saturated rings. The first-order valence-corrected chi connectivity index (χ1v) is 6.16. The van der Waals surface area contributed by atoms with Crippen LogP contribution in [-0.2, 0) is 6.18 Å². The molecule has 0 amide bonds. The highest BCUT2D eigenvalue weighted by molar-refractivity contribution is 5.62. The highest BCUT2D eigenvalue weighted by atomic mass is 19.4. The van der Waals surface area contributed by atoms with Crippen LogP contribution >= 0.6 is 0 Å².